The van der Waals surface area contributed by atoms with E-state index in [9.17, 15) is 4.39 Å². The number of benzene rings is 1. The van der Waals surface area contributed by atoms with E-state index < -0.39 is 0 Å². The minimum absolute atomic E-state index is 0. The van der Waals surface area contributed by atoms with Crippen molar-refractivity contribution in [2.24, 2.45) is 4.99 Å². The predicted octanol–water partition coefficient (Wildman–Crippen LogP) is 3.07. The molecule has 1 aromatic carbocycles. The van der Waals surface area contributed by atoms with Crippen LogP contribution in [0.25, 0.3) is 0 Å². The average molecular weight is 391 g/mol. The van der Waals surface area contributed by atoms with Gasteiger partial charge in [-0.25, -0.2) is 4.39 Å². The predicted molar refractivity (Wildman–Crippen MR) is 94.4 cm³/mol. The first-order valence-corrected chi connectivity index (χ1v) is 6.31. The van der Waals surface area contributed by atoms with Crippen molar-refractivity contribution < 1.29 is 4.39 Å². The molecule has 0 atom stereocenters. The van der Waals surface area contributed by atoms with Crippen molar-refractivity contribution in [2.75, 3.05) is 20.1 Å². The lowest BCUT2D eigenvalue weighted by molar-refractivity contribution is 0.504. The van der Waals surface area contributed by atoms with Crippen molar-refractivity contribution in [3.63, 3.8) is 0 Å². The summed E-state index contributed by atoms with van der Waals surface area (Å²) in [6, 6.07) is 6.70. The first-order chi connectivity index (χ1) is 8.99. The molecule has 2 N–H and O–H groups in total. The summed E-state index contributed by atoms with van der Waals surface area (Å²) < 4.78 is 13.3. The molecule has 0 unspecified atom stereocenters. The van der Waals surface area contributed by atoms with E-state index in [0.717, 1.165) is 5.56 Å². The van der Waals surface area contributed by atoms with E-state index in [1.165, 1.54) is 6.07 Å². The second-order valence-electron chi connectivity index (χ2n) is 4.99. The SMILES string of the molecule is C=CCNC(=NC)NCC(C)(C)c1cccc(F)c1.I. The van der Waals surface area contributed by atoms with Crippen LogP contribution in [0.15, 0.2) is 41.9 Å². The largest absolute Gasteiger partial charge is 0.356 e. The van der Waals surface area contributed by atoms with E-state index >= 15 is 0 Å². The zero-order valence-corrected chi connectivity index (χ0v) is 14.6. The molecule has 0 aliphatic heterocycles. The van der Waals surface area contributed by atoms with Gasteiger partial charge in [-0.15, -0.1) is 30.6 Å². The summed E-state index contributed by atoms with van der Waals surface area (Å²) in [7, 11) is 1.72. The van der Waals surface area contributed by atoms with Gasteiger partial charge in [0.2, 0.25) is 0 Å². The van der Waals surface area contributed by atoms with Gasteiger partial charge < -0.3 is 10.6 Å². The third-order valence-corrected chi connectivity index (χ3v) is 2.94. The van der Waals surface area contributed by atoms with Gasteiger partial charge in [0, 0.05) is 25.6 Å². The molecule has 0 fully saturated rings. The lowest BCUT2D eigenvalue weighted by atomic mass is 9.84. The van der Waals surface area contributed by atoms with Crippen molar-refractivity contribution in [1.29, 1.82) is 0 Å². The maximum absolute atomic E-state index is 13.3. The van der Waals surface area contributed by atoms with Crippen molar-refractivity contribution in [3.8, 4) is 0 Å². The van der Waals surface area contributed by atoms with Gasteiger partial charge in [0.25, 0.3) is 0 Å². The summed E-state index contributed by atoms with van der Waals surface area (Å²) >= 11 is 0. The Bertz CT molecular complexity index is 458. The Labute approximate surface area is 137 Å². The summed E-state index contributed by atoms with van der Waals surface area (Å²) in [5.74, 6) is 0.504. The van der Waals surface area contributed by atoms with Crippen LogP contribution in [0.4, 0.5) is 4.39 Å². The minimum atomic E-state index is -0.209. The molecule has 0 bridgehead atoms. The molecule has 0 saturated heterocycles. The standard InChI is InChI=1S/C15H22FN3.HI/c1-5-9-18-14(17-4)19-11-15(2,3)12-7-6-8-13(16)10-12;/h5-8,10H,1,9,11H2,2-4H3,(H2,17,18,19);1H. The van der Waals surface area contributed by atoms with Crippen LogP contribution in [0.1, 0.15) is 19.4 Å². The number of aliphatic imine (C=N–C) groups is 1. The van der Waals surface area contributed by atoms with Crippen molar-refractivity contribution in [3.05, 3.63) is 48.3 Å². The molecule has 1 rings (SSSR count). The first-order valence-electron chi connectivity index (χ1n) is 6.31. The van der Waals surface area contributed by atoms with Gasteiger partial charge >= 0.3 is 0 Å². The number of hydrogen-bond donors (Lipinski definition) is 2. The zero-order chi connectivity index (χ0) is 14.3. The van der Waals surface area contributed by atoms with Gasteiger partial charge in [0.05, 0.1) is 0 Å². The molecule has 3 nitrogen and oxygen atoms in total. The molecule has 0 aliphatic rings. The Morgan fingerprint density at radius 2 is 2.10 bits per heavy atom. The molecule has 0 saturated carbocycles. The third-order valence-electron chi connectivity index (χ3n) is 2.94. The van der Waals surface area contributed by atoms with Gasteiger partial charge in [-0.1, -0.05) is 32.1 Å². The fraction of sp³-hybridized carbons (Fsp3) is 0.400. The van der Waals surface area contributed by atoms with E-state index in [1.807, 2.05) is 6.07 Å². The highest BCUT2D eigenvalue weighted by molar-refractivity contribution is 14.0. The quantitative estimate of drug-likeness (QED) is 0.350. The summed E-state index contributed by atoms with van der Waals surface area (Å²) in [5.41, 5.74) is 0.771. The molecule has 112 valence electrons. The van der Waals surface area contributed by atoms with E-state index in [2.05, 4.69) is 36.1 Å². The highest BCUT2D eigenvalue weighted by atomic mass is 127. The van der Waals surface area contributed by atoms with E-state index in [0.29, 0.717) is 19.0 Å². The van der Waals surface area contributed by atoms with Crippen LogP contribution < -0.4 is 10.6 Å². The fourth-order valence-electron chi connectivity index (χ4n) is 1.71. The number of rotatable bonds is 5. The Hall–Kier alpha value is -1.11. The van der Waals surface area contributed by atoms with Gasteiger partial charge in [0.1, 0.15) is 5.82 Å². The fourth-order valence-corrected chi connectivity index (χ4v) is 1.71. The lowest BCUT2D eigenvalue weighted by Crippen LogP contribution is -2.43. The number of hydrogen-bond acceptors (Lipinski definition) is 1. The first kappa shape index (κ1) is 18.9. The van der Waals surface area contributed by atoms with Gasteiger partial charge in [-0.3, -0.25) is 4.99 Å². The molecule has 0 amide bonds. The van der Waals surface area contributed by atoms with Crippen LogP contribution >= 0.6 is 24.0 Å². The maximum Gasteiger partial charge on any atom is 0.191 e. The van der Waals surface area contributed by atoms with Crippen LogP contribution in [0, 0.1) is 5.82 Å². The molecule has 0 radical (unpaired) electrons. The second-order valence-corrected chi connectivity index (χ2v) is 4.99. The number of guanidine groups is 1. The van der Waals surface area contributed by atoms with Crippen LogP contribution in [-0.2, 0) is 5.41 Å². The van der Waals surface area contributed by atoms with Gasteiger partial charge in [-0.2, -0.15) is 0 Å². The van der Waals surface area contributed by atoms with E-state index in [4.69, 9.17) is 0 Å². The summed E-state index contributed by atoms with van der Waals surface area (Å²) in [5, 5.41) is 6.33. The lowest BCUT2D eigenvalue weighted by Gasteiger charge is -2.26. The maximum atomic E-state index is 13.3. The van der Waals surface area contributed by atoms with Gasteiger partial charge in [-0.05, 0) is 17.7 Å². The summed E-state index contributed by atoms with van der Waals surface area (Å²) in [6.07, 6.45) is 1.77. The summed E-state index contributed by atoms with van der Waals surface area (Å²) in [6.45, 7) is 9.09. The number of halogens is 2. The molecule has 0 heterocycles. The Morgan fingerprint density at radius 3 is 2.65 bits per heavy atom. The highest BCUT2D eigenvalue weighted by Gasteiger charge is 2.21. The molecular formula is C15H23FIN3. The van der Waals surface area contributed by atoms with Crippen molar-refractivity contribution >= 4 is 29.9 Å². The smallest absolute Gasteiger partial charge is 0.191 e. The normalized spacial score (nSPS) is 11.5. The van der Waals surface area contributed by atoms with Crippen molar-refractivity contribution in [2.45, 2.75) is 19.3 Å². The van der Waals surface area contributed by atoms with E-state index in [1.54, 1.807) is 25.3 Å². The summed E-state index contributed by atoms with van der Waals surface area (Å²) in [4.78, 5) is 4.11. The Balaban J connectivity index is 0.00000361. The molecular weight excluding hydrogens is 368 g/mol. The number of nitrogens with zero attached hydrogens (tertiary/aromatic N) is 1. The van der Waals surface area contributed by atoms with Crippen LogP contribution in [0.5, 0.6) is 0 Å². The third kappa shape index (κ3) is 5.90. The molecule has 0 aliphatic carbocycles. The average Bonchev–Trinajstić information content (AvgIpc) is 2.39. The van der Waals surface area contributed by atoms with Gasteiger partial charge in [0.15, 0.2) is 5.96 Å². The Kier molecular flexibility index (Phi) is 8.45. The van der Waals surface area contributed by atoms with Crippen LogP contribution in [-0.4, -0.2) is 26.1 Å². The number of nitrogens with one attached hydrogen (secondary N) is 2. The van der Waals surface area contributed by atoms with E-state index in [-0.39, 0.29) is 35.2 Å². The monoisotopic (exact) mass is 391 g/mol. The Morgan fingerprint density at radius 1 is 1.40 bits per heavy atom. The second kappa shape index (κ2) is 8.94. The molecule has 1 aromatic rings. The zero-order valence-electron chi connectivity index (χ0n) is 12.2. The van der Waals surface area contributed by atoms with Crippen molar-refractivity contribution in [1.82, 2.24) is 10.6 Å². The van der Waals surface area contributed by atoms with Crippen LogP contribution in [0.3, 0.4) is 0 Å². The molecule has 0 spiro atoms. The molecule has 20 heavy (non-hydrogen) atoms. The topological polar surface area (TPSA) is 36.4 Å². The molecule has 0 aromatic heterocycles. The highest BCUT2D eigenvalue weighted by Crippen LogP contribution is 2.22. The molecule has 5 heteroatoms. The minimum Gasteiger partial charge on any atom is -0.356 e. The van der Waals surface area contributed by atoms with Crippen LogP contribution in [0.2, 0.25) is 0 Å².